The number of hydrazine groups is 1. The highest BCUT2D eigenvalue weighted by Crippen LogP contribution is 2.24. The van der Waals surface area contributed by atoms with Gasteiger partial charge in [0.1, 0.15) is 0 Å². The topological polar surface area (TPSA) is 55.9 Å². The first kappa shape index (κ1) is 12.8. The molecule has 0 aliphatic rings. The van der Waals surface area contributed by atoms with Crippen LogP contribution in [0.5, 0.6) is 0 Å². The predicted octanol–water partition coefficient (Wildman–Crippen LogP) is 1.84. The molecule has 0 aliphatic heterocycles. The molecule has 4 nitrogen and oxygen atoms in total. The highest BCUT2D eigenvalue weighted by molar-refractivity contribution is 5.35. The Hall–Kier alpha value is -1.65. The maximum Gasteiger partial charge on any atom is 0.0743 e. The van der Waals surface area contributed by atoms with E-state index in [9.17, 15) is 0 Å². The number of nitrogens with zero attached hydrogens (tertiary/aromatic N) is 2. The van der Waals surface area contributed by atoms with Gasteiger partial charge in [-0.3, -0.25) is 10.5 Å². The number of aryl methyl sites for hydroxylation is 2. The molecule has 1 atom stereocenters. The van der Waals surface area contributed by atoms with Gasteiger partial charge in [-0.05, 0) is 24.5 Å². The van der Waals surface area contributed by atoms with Crippen molar-refractivity contribution in [3.8, 4) is 0 Å². The normalized spacial score (nSPS) is 12.7. The van der Waals surface area contributed by atoms with E-state index >= 15 is 0 Å². The molecule has 0 fully saturated rings. The monoisotopic (exact) mass is 244 g/mol. The molecule has 96 valence electrons. The SMILES string of the molecule is CCc1cccc(C(NN)c2cnn(C)c2C)c1. The lowest BCUT2D eigenvalue weighted by Crippen LogP contribution is -2.29. The molecular weight excluding hydrogens is 224 g/mol. The summed E-state index contributed by atoms with van der Waals surface area (Å²) < 4.78 is 1.86. The third kappa shape index (κ3) is 2.30. The quantitative estimate of drug-likeness (QED) is 0.637. The maximum absolute atomic E-state index is 5.72. The zero-order valence-corrected chi connectivity index (χ0v) is 11.1. The fraction of sp³-hybridized carbons (Fsp3) is 0.357. The molecule has 0 saturated heterocycles. The van der Waals surface area contributed by atoms with E-state index in [2.05, 4.69) is 48.6 Å². The predicted molar refractivity (Wildman–Crippen MR) is 72.9 cm³/mol. The standard InChI is InChI=1S/C14H20N4/c1-4-11-6-5-7-12(8-11)14(17-15)13-9-16-18(3)10(13)2/h5-9,14,17H,4,15H2,1-3H3. The van der Waals surface area contributed by atoms with E-state index in [0.29, 0.717) is 0 Å². The number of rotatable bonds is 4. The van der Waals surface area contributed by atoms with Crippen molar-refractivity contribution in [2.45, 2.75) is 26.3 Å². The van der Waals surface area contributed by atoms with Crippen LogP contribution in [0.1, 0.15) is 35.3 Å². The van der Waals surface area contributed by atoms with E-state index < -0.39 is 0 Å². The van der Waals surface area contributed by atoms with E-state index in [-0.39, 0.29) is 6.04 Å². The number of hydrogen-bond donors (Lipinski definition) is 2. The Morgan fingerprint density at radius 2 is 2.22 bits per heavy atom. The number of aromatic nitrogens is 2. The van der Waals surface area contributed by atoms with Gasteiger partial charge in [0.05, 0.1) is 12.2 Å². The first-order valence-electron chi connectivity index (χ1n) is 6.20. The van der Waals surface area contributed by atoms with Gasteiger partial charge in [-0.2, -0.15) is 5.10 Å². The molecule has 2 aromatic rings. The van der Waals surface area contributed by atoms with E-state index in [1.807, 2.05) is 17.9 Å². The second kappa shape index (κ2) is 5.33. The summed E-state index contributed by atoms with van der Waals surface area (Å²) in [5.74, 6) is 5.72. The van der Waals surface area contributed by atoms with Crippen LogP contribution < -0.4 is 11.3 Å². The summed E-state index contributed by atoms with van der Waals surface area (Å²) in [6, 6.07) is 8.48. The summed E-state index contributed by atoms with van der Waals surface area (Å²) in [4.78, 5) is 0. The van der Waals surface area contributed by atoms with Crippen molar-refractivity contribution in [1.29, 1.82) is 0 Å². The van der Waals surface area contributed by atoms with Crippen LogP contribution in [0.4, 0.5) is 0 Å². The molecule has 1 aromatic carbocycles. The van der Waals surface area contributed by atoms with Crippen LogP contribution >= 0.6 is 0 Å². The van der Waals surface area contributed by atoms with Gasteiger partial charge in [-0.1, -0.05) is 31.2 Å². The van der Waals surface area contributed by atoms with Crippen molar-refractivity contribution >= 4 is 0 Å². The van der Waals surface area contributed by atoms with E-state index in [4.69, 9.17) is 5.84 Å². The molecular formula is C14H20N4. The Balaban J connectivity index is 2.41. The van der Waals surface area contributed by atoms with Crippen molar-refractivity contribution in [3.05, 3.63) is 52.8 Å². The van der Waals surface area contributed by atoms with Crippen molar-refractivity contribution in [2.24, 2.45) is 12.9 Å². The number of benzene rings is 1. The minimum atomic E-state index is -0.00907. The lowest BCUT2D eigenvalue weighted by Gasteiger charge is -2.17. The number of nitrogens with one attached hydrogen (secondary N) is 1. The zero-order chi connectivity index (χ0) is 13.1. The Labute approximate surface area is 108 Å². The molecule has 0 spiro atoms. The molecule has 2 rings (SSSR count). The summed E-state index contributed by atoms with van der Waals surface area (Å²) in [6.45, 7) is 4.20. The molecule has 0 saturated carbocycles. The molecule has 3 N–H and O–H groups in total. The second-order valence-corrected chi connectivity index (χ2v) is 4.51. The van der Waals surface area contributed by atoms with Crippen LogP contribution in [-0.4, -0.2) is 9.78 Å². The van der Waals surface area contributed by atoms with Crippen molar-refractivity contribution < 1.29 is 0 Å². The van der Waals surface area contributed by atoms with Gasteiger partial charge < -0.3 is 0 Å². The minimum absolute atomic E-state index is 0.00907. The molecule has 0 bridgehead atoms. The maximum atomic E-state index is 5.72. The molecule has 4 heteroatoms. The van der Waals surface area contributed by atoms with Gasteiger partial charge in [0.25, 0.3) is 0 Å². The summed E-state index contributed by atoms with van der Waals surface area (Å²) in [7, 11) is 1.94. The molecule has 0 aliphatic carbocycles. The van der Waals surface area contributed by atoms with E-state index in [0.717, 1.165) is 17.7 Å². The van der Waals surface area contributed by atoms with Crippen LogP contribution in [-0.2, 0) is 13.5 Å². The first-order valence-corrected chi connectivity index (χ1v) is 6.20. The lowest BCUT2D eigenvalue weighted by atomic mass is 9.97. The molecule has 1 unspecified atom stereocenters. The third-order valence-electron chi connectivity index (χ3n) is 3.44. The zero-order valence-electron chi connectivity index (χ0n) is 11.1. The second-order valence-electron chi connectivity index (χ2n) is 4.51. The van der Waals surface area contributed by atoms with Crippen molar-refractivity contribution in [2.75, 3.05) is 0 Å². The Morgan fingerprint density at radius 3 is 2.78 bits per heavy atom. The highest BCUT2D eigenvalue weighted by Gasteiger charge is 2.17. The molecule has 0 amide bonds. The van der Waals surface area contributed by atoms with Gasteiger partial charge in [-0.25, -0.2) is 5.43 Å². The van der Waals surface area contributed by atoms with Gasteiger partial charge >= 0.3 is 0 Å². The van der Waals surface area contributed by atoms with Crippen LogP contribution in [0.15, 0.2) is 30.5 Å². The molecule has 18 heavy (non-hydrogen) atoms. The average Bonchev–Trinajstić information content (AvgIpc) is 2.72. The molecule has 0 radical (unpaired) electrons. The fourth-order valence-corrected chi connectivity index (χ4v) is 2.16. The largest absolute Gasteiger partial charge is 0.273 e. The molecule has 1 aromatic heterocycles. The highest BCUT2D eigenvalue weighted by atomic mass is 15.3. The van der Waals surface area contributed by atoms with Crippen molar-refractivity contribution in [1.82, 2.24) is 15.2 Å². The lowest BCUT2D eigenvalue weighted by molar-refractivity contribution is 0.629. The third-order valence-corrected chi connectivity index (χ3v) is 3.44. The average molecular weight is 244 g/mol. The summed E-state index contributed by atoms with van der Waals surface area (Å²) in [6.07, 6.45) is 2.90. The minimum Gasteiger partial charge on any atom is -0.273 e. The summed E-state index contributed by atoms with van der Waals surface area (Å²) >= 11 is 0. The summed E-state index contributed by atoms with van der Waals surface area (Å²) in [5.41, 5.74) is 7.62. The summed E-state index contributed by atoms with van der Waals surface area (Å²) in [5, 5.41) is 4.27. The van der Waals surface area contributed by atoms with Gasteiger partial charge in [0.2, 0.25) is 0 Å². The van der Waals surface area contributed by atoms with Crippen LogP contribution in [0.25, 0.3) is 0 Å². The Bertz CT molecular complexity index is 530. The number of hydrogen-bond acceptors (Lipinski definition) is 3. The number of nitrogens with two attached hydrogens (primary N) is 1. The Morgan fingerprint density at radius 1 is 1.44 bits per heavy atom. The fourth-order valence-electron chi connectivity index (χ4n) is 2.16. The van der Waals surface area contributed by atoms with E-state index in [1.54, 1.807) is 0 Å². The first-order chi connectivity index (χ1) is 8.67. The van der Waals surface area contributed by atoms with Crippen LogP contribution in [0.3, 0.4) is 0 Å². The van der Waals surface area contributed by atoms with E-state index in [1.165, 1.54) is 11.1 Å². The van der Waals surface area contributed by atoms with Gasteiger partial charge in [0.15, 0.2) is 0 Å². The van der Waals surface area contributed by atoms with Gasteiger partial charge in [0, 0.05) is 18.3 Å². The van der Waals surface area contributed by atoms with Crippen LogP contribution in [0, 0.1) is 6.92 Å². The smallest absolute Gasteiger partial charge is 0.0743 e. The molecule has 1 heterocycles. The van der Waals surface area contributed by atoms with Crippen LogP contribution in [0.2, 0.25) is 0 Å². The van der Waals surface area contributed by atoms with Crippen molar-refractivity contribution in [3.63, 3.8) is 0 Å². The van der Waals surface area contributed by atoms with Gasteiger partial charge in [-0.15, -0.1) is 0 Å². The Kier molecular flexibility index (Phi) is 3.79.